The van der Waals surface area contributed by atoms with Crippen molar-refractivity contribution < 1.29 is 4.74 Å². The van der Waals surface area contributed by atoms with Crippen molar-refractivity contribution in [2.45, 2.75) is 25.8 Å². The van der Waals surface area contributed by atoms with E-state index in [4.69, 9.17) is 27.9 Å². The molecule has 0 saturated carbocycles. The van der Waals surface area contributed by atoms with Crippen molar-refractivity contribution >= 4 is 23.2 Å². The first-order chi connectivity index (χ1) is 8.19. The maximum absolute atomic E-state index is 6.15. The van der Waals surface area contributed by atoms with Gasteiger partial charge in [0.2, 0.25) is 0 Å². The first-order valence-corrected chi connectivity index (χ1v) is 6.59. The Morgan fingerprint density at radius 3 is 2.47 bits per heavy atom. The summed E-state index contributed by atoms with van der Waals surface area (Å²) in [5.41, 5.74) is 0.987. The quantitative estimate of drug-likeness (QED) is 0.822. The number of ether oxygens (including phenoxy) is 1. The molecule has 0 amide bonds. The lowest BCUT2D eigenvalue weighted by Crippen LogP contribution is -2.35. The highest BCUT2D eigenvalue weighted by Crippen LogP contribution is 2.25. The van der Waals surface area contributed by atoms with Gasteiger partial charge in [0.25, 0.3) is 0 Å². The molecule has 0 fully saturated rings. The predicted octanol–water partition coefficient (Wildman–Crippen LogP) is 3.55. The Hall–Kier alpha value is -0.280. The summed E-state index contributed by atoms with van der Waals surface area (Å²) in [6.07, 6.45) is 1.88. The second kappa shape index (κ2) is 7.93. The molecule has 4 heteroatoms. The summed E-state index contributed by atoms with van der Waals surface area (Å²) in [6.45, 7) is 3.76. The van der Waals surface area contributed by atoms with Gasteiger partial charge in [0.05, 0.1) is 6.61 Å². The molecule has 1 atom stereocenters. The minimum Gasteiger partial charge on any atom is -0.383 e. The lowest BCUT2D eigenvalue weighted by atomic mass is 10.1. The average molecular weight is 276 g/mol. The number of benzene rings is 1. The van der Waals surface area contributed by atoms with Crippen molar-refractivity contribution in [3.8, 4) is 0 Å². The zero-order chi connectivity index (χ0) is 12.7. The van der Waals surface area contributed by atoms with Gasteiger partial charge in [-0.05, 0) is 37.1 Å². The summed E-state index contributed by atoms with van der Waals surface area (Å²) >= 11 is 12.3. The Morgan fingerprint density at radius 1 is 1.29 bits per heavy atom. The van der Waals surface area contributed by atoms with Crippen LogP contribution in [0.5, 0.6) is 0 Å². The Kier molecular flexibility index (Phi) is 6.90. The van der Waals surface area contributed by atoms with E-state index < -0.39 is 0 Å². The highest BCUT2D eigenvalue weighted by atomic mass is 35.5. The smallest absolute Gasteiger partial charge is 0.0619 e. The van der Waals surface area contributed by atoms with Gasteiger partial charge in [-0.3, -0.25) is 0 Å². The van der Waals surface area contributed by atoms with Gasteiger partial charge in [-0.25, -0.2) is 0 Å². The fraction of sp³-hybridized carbons (Fsp3) is 0.538. The first kappa shape index (κ1) is 14.8. The van der Waals surface area contributed by atoms with Gasteiger partial charge in [0.15, 0.2) is 0 Å². The van der Waals surface area contributed by atoms with Crippen LogP contribution in [0.3, 0.4) is 0 Å². The highest BCUT2D eigenvalue weighted by molar-refractivity contribution is 6.35. The van der Waals surface area contributed by atoms with Crippen molar-refractivity contribution in [3.05, 3.63) is 33.8 Å². The van der Waals surface area contributed by atoms with Crippen molar-refractivity contribution in [2.24, 2.45) is 0 Å². The molecule has 0 bridgehead atoms. The Labute approximate surface area is 113 Å². The molecule has 0 spiro atoms. The zero-order valence-corrected chi connectivity index (χ0v) is 11.8. The standard InChI is InChI=1S/C13H19Cl2NO/c1-3-7-16-10(9-17-2)8-11-12(14)5-4-6-13(11)15/h4-6,10,16H,3,7-9H2,1-2H3. The van der Waals surface area contributed by atoms with Gasteiger partial charge in [0, 0.05) is 23.2 Å². The van der Waals surface area contributed by atoms with Crippen LogP contribution in [0.25, 0.3) is 0 Å². The monoisotopic (exact) mass is 275 g/mol. The summed E-state index contributed by atoms with van der Waals surface area (Å²) < 4.78 is 5.20. The molecule has 0 aliphatic rings. The maximum Gasteiger partial charge on any atom is 0.0619 e. The van der Waals surface area contributed by atoms with Gasteiger partial charge in [-0.1, -0.05) is 36.2 Å². The molecule has 0 saturated heterocycles. The molecule has 17 heavy (non-hydrogen) atoms. The Balaban J connectivity index is 2.70. The fourth-order valence-corrected chi connectivity index (χ4v) is 2.27. The molecule has 0 aliphatic heterocycles. The van der Waals surface area contributed by atoms with Gasteiger partial charge < -0.3 is 10.1 Å². The third kappa shape index (κ3) is 4.84. The van der Waals surface area contributed by atoms with Crippen LogP contribution in [0.4, 0.5) is 0 Å². The van der Waals surface area contributed by atoms with Crippen LogP contribution in [-0.2, 0) is 11.2 Å². The van der Waals surface area contributed by atoms with Gasteiger partial charge in [0.1, 0.15) is 0 Å². The second-order valence-corrected chi connectivity index (χ2v) is 4.83. The summed E-state index contributed by atoms with van der Waals surface area (Å²) in [5.74, 6) is 0. The van der Waals surface area contributed by atoms with Crippen LogP contribution >= 0.6 is 23.2 Å². The molecule has 1 rings (SSSR count). The molecule has 96 valence electrons. The summed E-state index contributed by atoms with van der Waals surface area (Å²) in [4.78, 5) is 0. The number of hydrogen-bond acceptors (Lipinski definition) is 2. The molecule has 1 N–H and O–H groups in total. The molecule has 1 aromatic rings. The van der Waals surface area contributed by atoms with E-state index >= 15 is 0 Å². The normalized spacial score (nSPS) is 12.7. The number of hydrogen-bond donors (Lipinski definition) is 1. The van der Waals surface area contributed by atoms with E-state index in [1.807, 2.05) is 18.2 Å². The van der Waals surface area contributed by atoms with Crippen molar-refractivity contribution in [3.63, 3.8) is 0 Å². The largest absolute Gasteiger partial charge is 0.383 e. The lowest BCUT2D eigenvalue weighted by Gasteiger charge is -2.19. The van der Waals surface area contributed by atoms with Gasteiger partial charge in [-0.2, -0.15) is 0 Å². The average Bonchev–Trinajstić information content (AvgIpc) is 2.31. The molecule has 2 nitrogen and oxygen atoms in total. The molecule has 0 aliphatic carbocycles. The number of halogens is 2. The van der Waals surface area contributed by atoms with E-state index in [-0.39, 0.29) is 6.04 Å². The van der Waals surface area contributed by atoms with Crippen molar-refractivity contribution in [1.29, 1.82) is 0 Å². The predicted molar refractivity (Wildman–Crippen MR) is 74.1 cm³/mol. The van der Waals surface area contributed by atoms with Crippen LogP contribution in [-0.4, -0.2) is 26.3 Å². The maximum atomic E-state index is 6.15. The van der Waals surface area contributed by atoms with Crippen LogP contribution in [0.2, 0.25) is 10.0 Å². The van der Waals surface area contributed by atoms with Crippen molar-refractivity contribution in [2.75, 3.05) is 20.3 Å². The van der Waals surface area contributed by atoms with E-state index in [1.165, 1.54) is 0 Å². The lowest BCUT2D eigenvalue weighted by molar-refractivity contribution is 0.166. The van der Waals surface area contributed by atoms with E-state index in [9.17, 15) is 0 Å². The van der Waals surface area contributed by atoms with Crippen LogP contribution in [0.1, 0.15) is 18.9 Å². The fourth-order valence-electron chi connectivity index (χ4n) is 1.71. The number of methoxy groups -OCH3 is 1. The van der Waals surface area contributed by atoms with E-state index in [1.54, 1.807) is 7.11 Å². The summed E-state index contributed by atoms with van der Waals surface area (Å²) in [6, 6.07) is 5.84. The third-order valence-electron chi connectivity index (χ3n) is 2.56. The molecule has 0 radical (unpaired) electrons. The van der Waals surface area contributed by atoms with Crippen LogP contribution in [0, 0.1) is 0 Å². The molecule has 1 aromatic carbocycles. The van der Waals surface area contributed by atoms with Crippen molar-refractivity contribution in [1.82, 2.24) is 5.32 Å². The summed E-state index contributed by atoms with van der Waals surface area (Å²) in [7, 11) is 1.70. The molecular weight excluding hydrogens is 257 g/mol. The van der Waals surface area contributed by atoms with E-state index in [0.29, 0.717) is 6.61 Å². The topological polar surface area (TPSA) is 21.3 Å². The van der Waals surface area contributed by atoms with Gasteiger partial charge >= 0.3 is 0 Å². The SMILES string of the molecule is CCCNC(COC)Cc1c(Cl)cccc1Cl. The second-order valence-electron chi connectivity index (χ2n) is 4.01. The zero-order valence-electron chi connectivity index (χ0n) is 10.3. The summed E-state index contributed by atoms with van der Waals surface area (Å²) in [5, 5.41) is 4.87. The minimum absolute atomic E-state index is 0.248. The number of rotatable bonds is 7. The molecule has 0 aromatic heterocycles. The Morgan fingerprint density at radius 2 is 1.94 bits per heavy atom. The third-order valence-corrected chi connectivity index (χ3v) is 3.27. The molecule has 0 heterocycles. The molecule has 1 unspecified atom stereocenters. The minimum atomic E-state index is 0.248. The first-order valence-electron chi connectivity index (χ1n) is 5.84. The van der Waals surface area contributed by atoms with Gasteiger partial charge in [-0.15, -0.1) is 0 Å². The van der Waals surface area contributed by atoms with Crippen LogP contribution in [0.15, 0.2) is 18.2 Å². The number of nitrogens with one attached hydrogen (secondary N) is 1. The molecular formula is C13H19Cl2NO. The Bertz CT molecular complexity index is 324. The highest BCUT2D eigenvalue weighted by Gasteiger charge is 2.13. The van der Waals surface area contributed by atoms with Crippen LogP contribution < -0.4 is 5.32 Å². The van der Waals surface area contributed by atoms with E-state index in [2.05, 4.69) is 12.2 Å². The van der Waals surface area contributed by atoms with E-state index in [0.717, 1.165) is 35.0 Å².